The Labute approximate surface area is 126 Å². The van der Waals surface area contributed by atoms with Crippen molar-refractivity contribution in [1.82, 2.24) is 4.31 Å². The summed E-state index contributed by atoms with van der Waals surface area (Å²) >= 11 is 1.84. The second-order valence-corrected chi connectivity index (χ2v) is 7.21. The molecule has 1 aromatic carbocycles. The Bertz CT molecular complexity index is 485. The third-order valence-electron chi connectivity index (χ3n) is 3.71. The quantitative estimate of drug-likeness (QED) is 0.794. The van der Waals surface area contributed by atoms with Crippen LogP contribution in [-0.4, -0.2) is 36.3 Å². The van der Waals surface area contributed by atoms with Gasteiger partial charge >= 0.3 is 0 Å². The summed E-state index contributed by atoms with van der Waals surface area (Å²) in [4.78, 5) is 13.7. The van der Waals surface area contributed by atoms with Crippen molar-refractivity contribution in [3.63, 3.8) is 0 Å². The highest BCUT2D eigenvalue weighted by Crippen LogP contribution is 2.33. The van der Waals surface area contributed by atoms with Gasteiger partial charge in [0.05, 0.1) is 0 Å². The van der Waals surface area contributed by atoms with Crippen LogP contribution in [0.15, 0.2) is 24.3 Å². The SMILES string of the molecule is CN(C)c1cccc(CSN2CCC(=O)CC2(C)C)c1. The van der Waals surface area contributed by atoms with Crippen molar-refractivity contribution in [3.05, 3.63) is 29.8 Å². The van der Waals surface area contributed by atoms with E-state index in [1.807, 2.05) is 11.9 Å². The number of nitrogens with zero attached hydrogens (tertiary/aromatic N) is 2. The zero-order chi connectivity index (χ0) is 14.8. The lowest BCUT2D eigenvalue weighted by molar-refractivity contribution is -0.123. The largest absolute Gasteiger partial charge is 0.378 e. The zero-order valence-corrected chi connectivity index (χ0v) is 13.7. The molecule has 0 aromatic heterocycles. The summed E-state index contributed by atoms with van der Waals surface area (Å²) in [5.74, 6) is 1.35. The van der Waals surface area contributed by atoms with Crippen LogP contribution in [0.25, 0.3) is 0 Å². The van der Waals surface area contributed by atoms with Gasteiger partial charge in [0, 0.05) is 50.5 Å². The average molecular weight is 292 g/mol. The van der Waals surface area contributed by atoms with Crippen molar-refractivity contribution in [2.45, 2.75) is 38.0 Å². The maximum atomic E-state index is 11.6. The summed E-state index contributed by atoms with van der Waals surface area (Å²) in [7, 11) is 4.12. The molecule has 1 saturated heterocycles. The van der Waals surface area contributed by atoms with E-state index in [-0.39, 0.29) is 5.54 Å². The molecule has 0 spiro atoms. The third-order valence-corrected chi connectivity index (χ3v) is 5.16. The van der Waals surface area contributed by atoms with Gasteiger partial charge in [-0.25, -0.2) is 4.31 Å². The fraction of sp³-hybridized carbons (Fsp3) is 0.562. The van der Waals surface area contributed by atoms with E-state index in [1.165, 1.54) is 11.3 Å². The molecule has 1 aliphatic heterocycles. The molecule has 1 aromatic rings. The van der Waals surface area contributed by atoms with Crippen molar-refractivity contribution in [3.8, 4) is 0 Å². The van der Waals surface area contributed by atoms with Gasteiger partial charge < -0.3 is 4.90 Å². The number of anilines is 1. The molecule has 3 nitrogen and oxygen atoms in total. The fourth-order valence-electron chi connectivity index (χ4n) is 2.50. The highest BCUT2D eigenvalue weighted by molar-refractivity contribution is 7.96. The lowest BCUT2D eigenvalue weighted by Gasteiger charge is -2.40. The van der Waals surface area contributed by atoms with Crippen LogP contribution in [0.5, 0.6) is 0 Å². The first kappa shape index (κ1) is 15.4. The number of carbonyl (C=O) groups excluding carboxylic acids is 1. The van der Waals surface area contributed by atoms with Crippen LogP contribution in [0.1, 0.15) is 32.3 Å². The first-order valence-electron chi connectivity index (χ1n) is 7.07. The van der Waals surface area contributed by atoms with E-state index >= 15 is 0 Å². The van der Waals surface area contributed by atoms with Gasteiger partial charge in [-0.05, 0) is 31.5 Å². The predicted octanol–water partition coefficient (Wildman–Crippen LogP) is 3.34. The van der Waals surface area contributed by atoms with Crippen molar-refractivity contribution in [1.29, 1.82) is 0 Å². The van der Waals surface area contributed by atoms with E-state index < -0.39 is 0 Å². The van der Waals surface area contributed by atoms with Crippen molar-refractivity contribution in [2.24, 2.45) is 0 Å². The Morgan fingerprint density at radius 2 is 2.10 bits per heavy atom. The summed E-state index contributed by atoms with van der Waals surface area (Å²) in [6.07, 6.45) is 1.35. The number of hydrogen-bond donors (Lipinski definition) is 0. The molecule has 0 N–H and O–H groups in total. The number of ketones is 1. The molecule has 1 heterocycles. The number of Topliss-reactive ketones (excluding diaryl/α,β-unsaturated/α-hetero) is 1. The van der Waals surface area contributed by atoms with E-state index in [4.69, 9.17) is 0 Å². The second-order valence-electron chi connectivity index (χ2n) is 6.22. The fourth-order valence-corrected chi connectivity index (χ4v) is 3.62. The minimum Gasteiger partial charge on any atom is -0.378 e. The van der Waals surface area contributed by atoms with Crippen molar-refractivity contribution >= 4 is 23.4 Å². The third kappa shape index (κ3) is 3.76. The minimum atomic E-state index is -0.0286. The molecule has 4 heteroatoms. The van der Waals surface area contributed by atoms with Crippen LogP contribution in [0, 0.1) is 0 Å². The average Bonchev–Trinajstić information content (AvgIpc) is 2.37. The van der Waals surface area contributed by atoms with Crippen LogP contribution in [-0.2, 0) is 10.5 Å². The van der Waals surface area contributed by atoms with Crippen molar-refractivity contribution in [2.75, 3.05) is 25.5 Å². The molecule has 110 valence electrons. The summed E-state index contributed by atoms with van der Waals surface area (Å²) < 4.78 is 2.37. The number of rotatable bonds is 4. The van der Waals surface area contributed by atoms with Gasteiger partial charge in [0.25, 0.3) is 0 Å². The molecule has 0 atom stereocenters. The van der Waals surface area contributed by atoms with E-state index in [0.29, 0.717) is 18.6 Å². The predicted molar refractivity (Wildman–Crippen MR) is 87.1 cm³/mol. The van der Waals surface area contributed by atoms with Gasteiger partial charge in [-0.15, -0.1) is 0 Å². The minimum absolute atomic E-state index is 0.0286. The highest BCUT2D eigenvalue weighted by Gasteiger charge is 2.34. The smallest absolute Gasteiger partial charge is 0.136 e. The second kappa shape index (κ2) is 6.19. The molecule has 1 aliphatic rings. The van der Waals surface area contributed by atoms with Crippen LogP contribution in [0.4, 0.5) is 5.69 Å². The Kier molecular flexibility index (Phi) is 4.76. The Morgan fingerprint density at radius 1 is 1.35 bits per heavy atom. The first-order valence-corrected chi connectivity index (χ1v) is 8.01. The van der Waals surface area contributed by atoms with Crippen LogP contribution in [0.3, 0.4) is 0 Å². The monoisotopic (exact) mass is 292 g/mol. The van der Waals surface area contributed by atoms with Gasteiger partial charge in [-0.1, -0.05) is 24.1 Å². The molecule has 0 saturated carbocycles. The maximum Gasteiger partial charge on any atom is 0.136 e. The van der Waals surface area contributed by atoms with Gasteiger partial charge in [-0.2, -0.15) is 0 Å². The number of carbonyl (C=O) groups is 1. The summed E-state index contributed by atoms with van der Waals surface area (Å²) in [5.41, 5.74) is 2.53. The van der Waals surface area contributed by atoms with E-state index in [0.717, 1.165) is 12.3 Å². The molecule has 0 radical (unpaired) electrons. The Balaban J connectivity index is 1.98. The first-order chi connectivity index (χ1) is 9.38. The molecule has 20 heavy (non-hydrogen) atoms. The van der Waals surface area contributed by atoms with Crippen LogP contribution >= 0.6 is 11.9 Å². The Morgan fingerprint density at radius 3 is 2.75 bits per heavy atom. The molecule has 0 bridgehead atoms. The highest BCUT2D eigenvalue weighted by atomic mass is 32.2. The molecule has 2 rings (SSSR count). The summed E-state index contributed by atoms with van der Waals surface area (Å²) in [5, 5.41) is 0. The number of piperidine rings is 1. The van der Waals surface area contributed by atoms with Crippen LogP contribution < -0.4 is 4.90 Å². The maximum absolute atomic E-state index is 11.6. The molecule has 0 amide bonds. The van der Waals surface area contributed by atoms with Crippen LogP contribution in [0.2, 0.25) is 0 Å². The van der Waals surface area contributed by atoms with Gasteiger partial charge in [0.2, 0.25) is 0 Å². The summed E-state index contributed by atoms with van der Waals surface area (Å²) in [6, 6.07) is 8.63. The number of benzene rings is 1. The standard InChI is InChI=1S/C16H24N2OS/c1-16(2)11-15(19)8-9-18(16)20-12-13-6-5-7-14(10-13)17(3)4/h5-7,10H,8-9,11-12H2,1-4H3. The molecular weight excluding hydrogens is 268 g/mol. The topological polar surface area (TPSA) is 23.6 Å². The van der Waals surface area contributed by atoms with E-state index in [1.54, 1.807) is 0 Å². The van der Waals surface area contributed by atoms with E-state index in [2.05, 4.69) is 61.4 Å². The normalized spacial score (nSPS) is 19.1. The molecule has 0 unspecified atom stereocenters. The van der Waals surface area contributed by atoms with Crippen molar-refractivity contribution < 1.29 is 4.79 Å². The summed E-state index contributed by atoms with van der Waals surface area (Å²) in [6.45, 7) is 5.18. The molecule has 0 aliphatic carbocycles. The number of hydrogen-bond acceptors (Lipinski definition) is 4. The Hall–Kier alpha value is -1.00. The zero-order valence-electron chi connectivity index (χ0n) is 12.8. The van der Waals surface area contributed by atoms with Gasteiger partial charge in [0.1, 0.15) is 5.78 Å². The molecular formula is C16H24N2OS. The lowest BCUT2D eigenvalue weighted by Crippen LogP contribution is -2.46. The lowest BCUT2D eigenvalue weighted by atomic mass is 9.92. The van der Waals surface area contributed by atoms with E-state index in [9.17, 15) is 4.79 Å². The molecule has 1 fully saturated rings. The van der Waals surface area contributed by atoms with Gasteiger partial charge in [0.15, 0.2) is 0 Å². The van der Waals surface area contributed by atoms with Gasteiger partial charge in [-0.3, -0.25) is 4.79 Å².